The van der Waals surface area contributed by atoms with E-state index in [9.17, 15) is 4.79 Å². The van der Waals surface area contributed by atoms with Gasteiger partial charge in [0.25, 0.3) is 0 Å². The van der Waals surface area contributed by atoms with Crippen LogP contribution >= 0.6 is 0 Å². The summed E-state index contributed by atoms with van der Waals surface area (Å²) in [5.41, 5.74) is 3.48. The first kappa shape index (κ1) is 23.7. The van der Waals surface area contributed by atoms with Crippen LogP contribution in [0.15, 0.2) is 84.9 Å². The van der Waals surface area contributed by atoms with Crippen LogP contribution in [0, 0.1) is 0 Å². The summed E-state index contributed by atoms with van der Waals surface area (Å²) < 4.78 is 16.7. The van der Waals surface area contributed by atoms with Crippen molar-refractivity contribution in [3.63, 3.8) is 0 Å². The molecule has 1 aliphatic heterocycles. The second-order valence-electron chi connectivity index (χ2n) is 8.89. The van der Waals surface area contributed by atoms with Gasteiger partial charge in [0.15, 0.2) is 0 Å². The molecule has 1 heterocycles. The predicted molar refractivity (Wildman–Crippen MR) is 143 cm³/mol. The minimum atomic E-state index is -0.433. The normalized spacial score (nSPS) is 15.6. The van der Waals surface area contributed by atoms with Crippen molar-refractivity contribution in [2.45, 2.75) is 19.1 Å². The van der Waals surface area contributed by atoms with E-state index in [2.05, 4.69) is 59.6 Å². The minimum Gasteiger partial charge on any atom is -0.496 e. The highest BCUT2D eigenvalue weighted by molar-refractivity contribution is 5.94. The number of nitrogens with one attached hydrogen (secondary N) is 1. The summed E-state index contributed by atoms with van der Waals surface area (Å²) in [5, 5.41) is 6.16. The number of rotatable bonds is 7. The Morgan fingerprint density at radius 1 is 1.03 bits per heavy atom. The Bertz CT molecular complexity index is 1380. The molecule has 1 unspecified atom stereocenters. The third-order valence-corrected chi connectivity index (χ3v) is 6.68. The van der Waals surface area contributed by atoms with Gasteiger partial charge in [-0.25, -0.2) is 4.79 Å². The van der Waals surface area contributed by atoms with E-state index in [1.807, 2.05) is 36.4 Å². The number of hydrogen-bond donors (Lipinski definition) is 1. The maximum absolute atomic E-state index is 12.4. The van der Waals surface area contributed by atoms with Crippen molar-refractivity contribution in [3.05, 3.63) is 96.1 Å². The van der Waals surface area contributed by atoms with E-state index < -0.39 is 5.97 Å². The summed E-state index contributed by atoms with van der Waals surface area (Å²) >= 11 is 0. The molecule has 2 atom stereocenters. The van der Waals surface area contributed by atoms with Crippen molar-refractivity contribution >= 4 is 28.1 Å². The molecule has 4 aromatic rings. The van der Waals surface area contributed by atoms with E-state index in [0.717, 1.165) is 17.1 Å². The van der Waals surface area contributed by atoms with E-state index >= 15 is 0 Å². The molecule has 6 nitrogen and oxygen atoms in total. The molecule has 6 heteroatoms. The van der Waals surface area contributed by atoms with Gasteiger partial charge in [0.05, 0.1) is 26.5 Å². The van der Waals surface area contributed by atoms with Gasteiger partial charge in [-0.1, -0.05) is 54.6 Å². The molecule has 0 saturated heterocycles. The van der Waals surface area contributed by atoms with E-state index in [0.29, 0.717) is 24.4 Å². The molecule has 0 radical (unpaired) electrons. The third-order valence-electron chi connectivity index (χ3n) is 6.68. The van der Waals surface area contributed by atoms with Gasteiger partial charge in [0.2, 0.25) is 0 Å². The van der Waals surface area contributed by atoms with Crippen LogP contribution in [-0.2, 0) is 4.74 Å². The van der Waals surface area contributed by atoms with Crippen LogP contribution in [0.3, 0.4) is 0 Å². The van der Waals surface area contributed by atoms with Crippen molar-refractivity contribution in [2.24, 2.45) is 0 Å². The second-order valence-corrected chi connectivity index (χ2v) is 8.89. The highest BCUT2D eigenvalue weighted by atomic mass is 16.5. The predicted octanol–water partition coefficient (Wildman–Crippen LogP) is 5.88. The minimum absolute atomic E-state index is 0.0963. The Morgan fingerprint density at radius 2 is 1.81 bits per heavy atom. The summed E-state index contributed by atoms with van der Waals surface area (Å²) in [6.45, 7) is 3.47. The average Bonchev–Trinajstić information content (AvgIpc) is 2.94. The molecule has 0 amide bonds. The molecule has 184 valence electrons. The van der Waals surface area contributed by atoms with Gasteiger partial charge in [0, 0.05) is 18.3 Å². The Balaban J connectivity index is 1.39. The smallest absolute Gasteiger partial charge is 0.341 e. The van der Waals surface area contributed by atoms with Crippen LogP contribution in [-0.4, -0.2) is 39.4 Å². The molecule has 0 fully saturated rings. The number of carbonyl (C=O) groups excluding carboxylic acids is 1. The Labute approximate surface area is 211 Å². The molecule has 0 saturated carbocycles. The fraction of sp³-hybridized carbons (Fsp3) is 0.233. The molecule has 0 aromatic heterocycles. The summed E-state index contributed by atoms with van der Waals surface area (Å²) in [4.78, 5) is 14.6. The number of hydrogen-bond acceptors (Lipinski definition) is 6. The quantitative estimate of drug-likeness (QED) is 0.332. The van der Waals surface area contributed by atoms with Crippen molar-refractivity contribution in [1.29, 1.82) is 0 Å². The number of benzene rings is 4. The Kier molecular flexibility index (Phi) is 6.78. The fourth-order valence-corrected chi connectivity index (χ4v) is 4.83. The van der Waals surface area contributed by atoms with Crippen LogP contribution < -0.4 is 19.7 Å². The maximum atomic E-state index is 12.4. The average molecular weight is 483 g/mol. The molecule has 1 aliphatic rings. The van der Waals surface area contributed by atoms with Crippen molar-refractivity contribution < 1.29 is 19.0 Å². The number of anilines is 2. The van der Waals surface area contributed by atoms with E-state index in [-0.39, 0.29) is 12.1 Å². The summed E-state index contributed by atoms with van der Waals surface area (Å²) in [5.74, 6) is 0.857. The zero-order valence-corrected chi connectivity index (χ0v) is 20.7. The van der Waals surface area contributed by atoms with Crippen molar-refractivity contribution in [3.8, 4) is 11.5 Å². The van der Waals surface area contributed by atoms with Gasteiger partial charge < -0.3 is 24.4 Å². The number of methoxy groups -OCH3 is 2. The van der Waals surface area contributed by atoms with Crippen LogP contribution in [0.2, 0.25) is 0 Å². The topological polar surface area (TPSA) is 60.0 Å². The van der Waals surface area contributed by atoms with Crippen LogP contribution in [0.25, 0.3) is 10.8 Å². The number of nitrogens with zero attached hydrogens (tertiary/aromatic N) is 1. The van der Waals surface area contributed by atoms with Crippen LogP contribution in [0.4, 0.5) is 11.4 Å². The second kappa shape index (κ2) is 10.3. The van der Waals surface area contributed by atoms with E-state index in [1.165, 1.54) is 23.4 Å². The molecule has 4 aromatic carbocycles. The number of esters is 1. The molecule has 36 heavy (non-hydrogen) atoms. The maximum Gasteiger partial charge on any atom is 0.341 e. The molecule has 1 N–H and O–H groups in total. The monoisotopic (exact) mass is 482 g/mol. The van der Waals surface area contributed by atoms with Gasteiger partial charge >= 0.3 is 5.97 Å². The summed E-state index contributed by atoms with van der Waals surface area (Å²) in [6.07, 6.45) is -0.0963. The Morgan fingerprint density at radius 3 is 2.64 bits per heavy atom. The van der Waals surface area contributed by atoms with Gasteiger partial charge in [-0.05, 0) is 53.6 Å². The highest BCUT2D eigenvalue weighted by Gasteiger charge is 2.28. The molecule has 0 bridgehead atoms. The van der Waals surface area contributed by atoms with Gasteiger partial charge in [0.1, 0.15) is 23.2 Å². The molecular formula is C30H30N2O4. The standard InChI is InChI=1S/C30H30N2O4/c1-20(24-12-8-10-21-9-4-5-11-25(21)24)31-18-23-19-32(27-13-6-7-14-29(27)36-23)22-15-16-28(34-2)26(17-22)30(33)35-3/h4-17,20,23,31H,18-19H2,1-3H3/t20-,23?/m1/s1. The van der Waals surface area contributed by atoms with Gasteiger partial charge in [-0.2, -0.15) is 0 Å². The van der Waals surface area contributed by atoms with Crippen molar-refractivity contribution in [1.82, 2.24) is 5.32 Å². The number of para-hydroxylation sites is 2. The van der Waals surface area contributed by atoms with Gasteiger partial charge in [-0.3, -0.25) is 0 Å². The number of fused-ring (bicyclic) bond motifs is 2. The van der Waals surface area contributed by atoms with Gasteiger partial charge in [-0.15, -0.1) is 0 Å². The molecule has 0 aliphatic carbocycles. The van der Waals surface area contributed by atoms with E-state index in [4.69, 9.17) is 14.2 Å². The van der Waals surface area contributed by atoms with E-state index in [1.54, 1.807) is 13.2 Å². The first-order valence-electron chi connectivity index (χ1n) is 12.1. The lowest BCUT2D eigenvalue weighted by atomic mass is 9.99. The number of ether oxygens (including phenoxy) is 3. The van der Waals surface area contributed by atoms with Crippen molar-refractivity contribution in [2.75, 3.05) is 32.2 Å². The zero-order valence-electron chi connectivity index (χ0n) is 20.7. The lowest BCUT2D eigenvalue weighted by molar-refractivity contribution is 0.0597. The first-order chi connectivity index (χ1) is 17.6. The van der Waals surface area contributed by atoms with Crippen LogP contribution in [0.1, 0.15) is 28.9 Å². The number of carbonyl (C=O) groups is 1. The molecule has 0 spiro atoms. The summed E-state index contributed by atoms with van der Waals surface area (Å²) in [6, 6.07) is 28.6. The Hall–Kier alpha value is -4.03. The summed E-state index contributed by atoms with van der Waals surface area (Å²) in [7, 11) is 2.92. The molecule has 5 rings (SSSR count). The largest absolute Gasteiger partial charge is 0.496 e. The lowest BCUT2D eigenvalue weighted by Crippen LogP contribution is -2.44. The highest BCUT2D eigenvalue weighted by Crippen LogP contribution is 2.39. The fourth-order valence-electron chi connectivity index (χ4n) is 4.83. The molecular weight excluding hydrogens is 452 g/mol. The zero-order chi connectivity index (χ0) is 25.1. The SMILES string of the molecule is COC(=O)c1cc(N2CC(CN[C@H](C)c3cccc4ccccc34)Oc3ccccc32)ccc1OC. The lowest BCUT2D eigenvalue weighted by Gasteiger charge is -2.37. The third kappa shape index (κ3) is 4.60. The first-order valence-corrected chi connectivity index (χ1v) is 12.1. The van der Waals surface area contributed by atoms with Crippen LogP contribution in [0.5, 0.6) is 11.5 Å².